The molecule has 0 aromatic heterocycles. The normalized spacial score (nSPS) is 39.6. The van der Waals surface area contributed by atoms with Crippen molar-refractivity contribution in [2.24, 2.45) is 23.7 Å². The number of esters is 1. The van der Waals surface area contributed by atoms with E-state index in [2.05, 4.69) is 68.5 Å². The number of methoxy groups -OCH3 is 1. The number of carbonyl (C=O) groups is 1. The molecule has 200 valence electrons. The van der Waals surface area contributed by atoms with E-state index in [0.717, 1.165) is 6.42 Å². The highest BCUT2D eigenvalue weighted by atomic mass is 28.4. The summed E-state index contributed by atoms with van der Waals surface area (Å²) < 4.78 is 37.4. The van der Waals surface area contributed by atoms with Crippen LogP contribution in [0.3, 0.4) is 0 Å². The molecule has 0 saturated carbocycles. The first-order valence-electron chi connectivity index (χ1n) is 12.9. The van der Waals surface area contributed by atoms with Crippen molar-refractivity contribution >= 4 is 14.3 Å². The highest BCUT2D eigenvalue weighted by Gasteiger charge is 2.49. The summed E-state index contributed by atoms with van der Waals surface area (Å²) >= 11 is 0. The van der Waals surface area contributed by atoms with E-state index in [1.807, 2.05) is 0 Å². The average molecular weight is 503 g/mol. The van der Waals surface area contributed by atoms with E-state index in [4.69, 9.17) is 28.1 Å². The van der Waals surface area contributed by atoms with E-state index in [9.17, 15) is 4.79 Å². The van der Waals surface area contributed by atoms with Crippen LogP contribution < -0.4 is 0 Å². The lowest BCUT2D eigenvalue weighted by Gasteiger charge is -2.49. The Bertz CT molecular complexity index is 664. The number of rotatable bonds is 8. The van der Waals surface area contributed by atoms with Gasteiger partial charge in [0.05, 0.1) is 18.8 Å². The zero-order valence-corrected chi connectivity index (χ0v) is 24.5. The third kappa shape index (κ3) is 6.62. The van der Waals surface area contributed by atoms with Crippen molar-refractivity contribution in [3.63, 3.8) is 0 Å². The highest BCUT2D eigenvalue weighted by Crippen LogP contribution is 2.41. The third-order valence-corrected chi connectivity index (χ3v) is 13.1. The predicted octanol–water partition coefficient (Wildman–Crippen LogP) is 5.38. The molecule has 0 radical (unpaired) electrons. The second-order valence-corrected chi connectivity index (χ2v) is 16.7. The van der Waals surface area contributed by atoms with E-state index in [-0.39, 0.29) is 59.3 Å². The van der Waals surface area contributed by atoms with Crippen LogP contribution >= 0.6 is 0 Å². The summed E-state index contributed by atoms with van der Waals surface area (Å²) in [6.07, 6.45) is -1.15. The molecule has 34 heavy (non-hydrogen) atoms. The van der Waals surface area contributed by atoms with Crippen LogP contribution in [0.1, 0.15) is 68.7 Å². The molecular formula is C26H50O7Si. The third-order valence-electron chi connectivity index (χ3n) is 8.61. The van der Waals surface area contributed by atoms with Crippen LogP contribution in [0.25, 0.3) is 0 Å². The van der Waals surface area contributed by atoms with Gasteiger partial charge < -0.3 is 28.1 Å². The molecule has 7 nitrogen and oxygen atoms in total. The van der Waals surface area contributed by atoms with Crippen molar-refractivity contribution in [3.8, 4) is 0 Å². The van der Waals surface area contributed by atoms with Crippen LogP contribution in [0, 0.1) is 23.7 Å². The average Bonchev–Trinajstić information content (AvgIpc) is 2.74. The van der Waals surface area contributed by atoms with Gasteiger partial charge in [-0.05, 0) is 36.4 Å². The van der Waals surface area contributed by atoms with Crippen molar-refractivity contribution < 1.29 is 32.9 Å². The summed E-state index contributed by atoms with van der Waals surface area (Å²) in [5.74, 6) is 0.285. The van der Waals surface area contributed by atoms with Crippen molar-refractivity contribution in [2.75, 3.05) is 13.7 Å². The Morgan fingerprint density at radius 2 is 1.44 bits per heavy atom. The van der Waals surface area contributed by atoms with Gasteiger partial charge in [-0.3, -0.25) is 4.79 Å². The summed E-state index contributed by atoms with van der Waals surface area (Å²) in [6.45, 7) is 23.7. The van der Waals surface area contributed by atoms with E-state index < -0.39 is 20.7 Å². The van der Waals surface area contributed by atoms with E-state index >= 15 is 0 Å². The molecule has 2 rings (SSSR count). The van der Waals surface area contributed by atoms with E-state index in [1.54, 1.807) is 7.11 Å². The van der Waals surface area contributed by atoms with Crippen molar-refractivity contribution in [1.29, 1.82) is 0 Å². The summed E-state index contributed by atoms with van der Waals surface area (Å²) in [6, 6.07) is 0. The smallest absolute Gasteiger partial charge is 0.303 e. The monoisotopic (exact) mass is 502 g/mol. The van der Waals surface area contributed by atoms with Crippen LogP contribution in [0.15, 0.2) is 0 Å². The Balaban J connectivity index is 2.31. The van der Waals surface area contributed by atoms with Crippen LogP contribution in [0.2, 0.25) is 18.1 Å². The maximum Gasteiger partial charge on any atom is 0.303 e. The fourth-order valence-electron chi connectivity index (χ4n) is 4.73. The Kier molecular flexibility index (Phi) is 10.2. The van der Waals surface area contributed by atoms with Gasteiger partial charge in [-0.1, -0.05) is 55.4 Å². The lowest BCUT2D eigenvalue weighted by atomic mass is 9.82. The van der Waals surface area contributed by atoms with Gasteiger partial charge in [-0.15, -0.1) is 0 Å². The van der Waals surface area contributed by atoms with Gasteiger partial charge >= 0.3 is 5.97 Å². The minimum atomic E-state index is -1.99. The summed E-state index contributed by atoms with van der Waals surface area (Å²) in [7, 11) is -0.314. The van der Waals surface area contributed by atoms with Gasteiger partial charge in [0.2, 0.25) is 0 Å². The topological polar surface area (TPSA) is 72.5 Å². The van der Waals surface area contributed by atoms with Gasteiger partial charge in [0, 0.05) is 25.9 Å². The predicted molar refractivity (Wildman–Crippen MR) is 135 cm³/mol. The maximum absolute atomic E-state index is 11.9. The van der Waals surface area contributed by atoms with Gasteiger partial charge in [0.1, 0.15) is 6.10 Å². The molecule has 0 aliphatic carbocycles. The first-order valence-corrected chi connectivity index (χ1v) is 15.9. The van der Waals surface area contributed by atoms with Crippen molar-refractivity contribution in [3.05, 3.63) is 0 Å². The second-order valence-electron chi connectivity index (χ2n) is 11.9. The fraction of sp³-hybridized carbons (Fsp3) is 0.962. The highest BCUT2D eigenvalue weighted by molar-refractivity contribution is 6.74. The molecule has 2 heterocycles. The molecule has 2 aliphatic heterocycles. The molecule has 0 N–H and O–H groups in total. The first-order chi connectivity index (χ1) is 15.6. The molecule has 2 saturated heterocycles. The lowest BCUT2D eigenvalue weighted by molar-refractivity contribution is -0.332. The van der Waals surface area contributed by atoms with Crippen LogP contribution in [0.5, 0.6) is 0 Å². The second kappa shape index (κ2) is 11.7. The molecule has 2 fully saturated rings. The molecule has 0 aromatic carbocycles. The Labute approximate surface area is 208 Å². The van der Waals surface area contributed by atoms with Crippen LogP contribution in [-0.2, 0) is 32.9 Å². The molecule has 0 amide bonds. The van der Waals surface area contributed by atoms with Gasteiger partial charge in [0.25, 0.3) is 0 Å². The molecular weight excluding hydrogens is 452 g/mol. The van der Waals surface area contributed by atoms with Gasteiger partial charge in [0.15, 0.2) is 27.0 Å². The molecule has 0 aromatic rings. The zero-order chi connectivity index (χ0) is 26.0. The molecule has 4 unspecified atom stereocenters. The van der Waals surface area contributed by atoms with Crippen molar-refractivity contribution in [1.82, 2.24) is 0 Å². The summed E-state index contributed by atoms with van der Waals surface area (Å²) in [5.41, 5.74) is 0. The van der Waals surface area contributed by atoms with Crippen molar-refractivity contribution in [2.45, 2.75) is 124 Å². The molecule has 0 bridgehead atoms. The Morgan fingerprint density at radius 1 is 0.882 bits per heavy atom. The largest absolute Gasteiger partial charge is 0.457 e. The quantitative estimate of drug-likeness (QED) is 0.326. The maximum atomic E-state index is 11.9. The molecule has 8 heteroatoms. The van der Waals surface area contributed by atoms with E-state index in [1.165, 1.54) is 6.92 Å². The number of ether oxygens (including phenoxy) is 5. The minimum Gasteiger partial charge on any atom is -0.457 e. The number of carbonyl (C=O) groups excluding carboxylic acids is 1. The first kappa shape index (κ1) is 29.7. The van der Waals surface area contributed by atoms with Crippen LogP contribution in [-0.4, -0.2) is 65.0 Å². The van der Waals surface area contributed by atoms with Gasteiger partial charge in [-0.25, -0.2) is 0 Å². The zero-order valence-electron chi connectivity index (χ0n) is 23.5. The standard InChI is InChI=1S/C26H50O7Si/c1-13-20-15(2)16(3)23(30-19(6)27)25(31-20)33-22-17(4)18(5)24(28-10)32-21(22)14-29-34(11,12)26(7,8)9/h15-18,20-25H,13-14H2,1-12H3/t15-,16-,17+,18?,20?,21?,22-,23?,24-,25+/m0/s1. The number of hydrogen-bond acceptors (Lipinski definition) is 7. The molecule has 0 spiro atoms. The Morgan fingerprint density at radius 3 is 1.94 bits per heavy atom. The SMILES string of the molecule is CCC1O[C@H](O[C@@H]2C(CO[Si](C)(C)C(C)(C)C)O[C@H](OC)C(C)[C@H]2C)C(OC(C)=O)[C@@H](C)[C@@H]1C. The van der Waals surface area contributed by atoms with E-state index in [0.29, 0.717) is 6.61 Å². The molecule has 10 atom stereocenters. The fourth-order valence-corrected chi connectivity index (χ4v) is 5.74. The number of hydrogen-bond donors (Lipinski definition) is 0. The molecule has 2 aliphatic rings. The lowest BCUT2D eigenvalue weighted by Crippen LogP contribution is -2.59. The summed E-state index contributed by atoms with van der Waals surface area (Å²) in [5, 5.41) is 0.0877. The van der Waals surface area contributed by atoms with Gasteiger partial charge in [-0.2, -0.15) is 0 Å². The van der Waals surface area contributed by atoms with Crippen LogP contribution in [0.4, 0.5) is 0 Å². The minimum absolute atomic E-state index is 0.0395. The Hall–Kier alpha value is -0.513. The summed E-state index contributed by atoms with van der Waals surface area (Å²) in [4.78, 5) is 11.9.